The molecule has 1 amide bonds. The van der Waals surface area contributed by atoms with Crippen LogP contribution in [-0.2, 0) is 4.79 Å². The van der Waals surface area contributed by atoms with Gasteiger partial charge in [-0.15, -0.1) is 0 Å². The first kappa shape index (κ1) is 16.6. The maximum atomic E-state index is 12.6. The van der Waals surface area contributed by atoms with Crippen molar-refractivity contribution in [1.82, 2.24) is 5.32 Å². The van der Waals surface area contributed by atoms with Crippen LogP contribution in [0.15, 0.2) is 10.5 Å². The number of carboxylic acids is 1. The third kappa shape index (κ3) is 3.18. The van der Waals surface area contributed by atoms with E-state index in [0.717, 1.165) is 18.6 Å². The first-order valence-corrected chi connectivity index (χ1v) is 7.90. The fourth-order valence-electron chi connectivity index (χ4n) is 3.22. The van der Waals surface area contributed by atoms with Crippen LogP contribution in [-0.4, -0.2) is 22.5 Å². The molecular weight excluding hydrogens is 282 g/mol. The Labute approximate surface area is 131 Å². The molecule has 1 aromatic heterocycles. The third-order valence-electron chi connectivity index (χ3n) is 4.66. The molecular formula is C17H25NO4. The monoisotopic (exact) mass is 307 g/mol. The summed E-state index contributed by atoms with van der Waals surface area (Å²) in [6.45, 7) is 7.60. The lowest BCUT2D eigenvalue weighted by atomic mass is 9.73. The van der Waals surface area contributed by atoms with E-state index in [4.69, 9.17) is 4.42 Å². The topological polar surface area (TPSA) is 79.5 Å². The summed E-state index contributed by atoms with van der Waals surface area (Å²) < 4.78 is 5.62. The van der Waals surface area contributed by atoms with E-state index in [1.165, 1.54) is 0 Å². The zero-order valence-electron chi connectivity index (χ0n) is 13.7. The lowest BCUT2D eigenvalue weighted by Gasteiger charge is -2.39. The molecule has 2 atom stereocenters. The molecule has 5 nitrogen and oxygen atoms in total. The second-order valence-corrected chi connectivity index (χ2v) is 6.78. The van der Waals surface area contributed by atoms with Crippen LogP contribution in [0.3, 0.4) is 0 Å². The van der Waals surface area contributed by atoms with Gasteiger partial charge in [0.2, 0.25) is 0 Å². The summed E-state index contributed by atoms with van der Waals surface area (Å²) >= 11 is 0. The molecule has 1 aliphatic carbocycles. The standard InChI is InChI=1S/C17H25NO4/c1-10(2)14-9-12(11(3)22-14)15(19)18-17(4)8-6-5-7-13(17)16(20)21/h9-10,13H,5-8H2,1-4H3,(H,18,19)(H,20,21). The van der Waals surface area contributed by atoms with E-state index in [-0.39, 0.29) is 11.8 Å². The van der Waals surface area contributed by atoms with E-state index in [9.17, 15) is 14.7 Å². The fourth-order valence-corrected chi connectivity index (χ4v) is 3.22. The van der Waals surface area contributed by atoms with Gasteiger partial charge in [-0.1, -0.05) is 26.7 Å². The van der Waals surface area contributed by atoms with Crippen LogP contribution in [0, 0.1) is 12.8 Å². The maximum absolute atomic E-state index is 12.6. The number of carbonyl (C=O) groups is 2. The Morgan fingerprint density at radius 2 is 2.09 bits per heavy atom. The molecule has 0 spiro atoms. The summed E-state index contributed by atoms with van der Waals surface area (Å²) in [6.07, 6.45) is 3.12. The van der Waals surface area contributed by atoms with Crippen molar-refractivity contribution in [3.05, 3.63) is 23.2 Å². The molecule has 5 heteroatoms. The number of hydrogen-bond acceptors (Lipinski definition) is 3. The number of carbonyl (C=O) groups excluding carboxylic acids is 1. The van der Waals surface area contributed by atoms with Gasteiger partial charge in [-0.3, -0.25) is 9.59 Å². The first-order valence-electron chi connectivity index (χ1n) is 7.90. The molecule has 0 radical (unpaired) electrons. The number of aryl methyl sites for hydroxylation is 1. The van der Waals surface area contributed by atoms with Crippen LogP contribution in [0.5, 0.6) is 0 Å². The Balaban J connectivity index is 2.21. The van der Waals surface area contributed by atoms with Crippen molar-refractivity contribution >= 4 is 11.9 Å². The number of carboxylic acid groups (broad SMARTS) is 1. The molecule has 2 rings (SSSR count). The Bertz CT molecular complexity index is 575. The highest BCUT2D eigenvalue weighted by atomic mass is 16.4. The minimum Gasteiger partial charge on any atom is -0.481 e. The zero-order chi connectivity index (χ0) is 16.5. The van der Waals surface area contributed by atoms with Gasteiger partial charge in [-0.05, 0) is 32.8 Å². The van der Waals surface area contributed by atoms with Gasteiger partial charge in [-0.25, -0.2) is 0 Å². The van der Waals surface area contributed by atoms with Crippen LogP contribution in [0.1, 0.15) is 74.3 Å². The van der Waals surface area contributed by atoms with Crippen molar-refractivity contribution in [2.75, 3.05) is 0 Å². The van der Waals surface area contributed by atoms with E-state index in [2.05, 4.69) is 5.32 Å². The average Bonchev–Trinajstić information content (AvgIpc) is 2.80. The van der Waals surface area contributed by atoms with Gasteiger partial charge in [0.1, 0.15) is 11.5 Å². The van der Waals surface area contributed by atoms with Gasteiger partial charge in [0.05, 0.1) is 17.0 Å². The van der Waals surface area contributed by atoms with Crippen molar-refractivity contribution in [3.63, 3.8) is 0 Å². The van der Waals surface area contributed by atoms with Crippen LogP contribution >= 0.6 is 0 Å². The largest absolute Gasteiger partial charge is 0.481 e. The quantitative estimate of drug-likeness (QED) is 0.892. The SMILES string of the molecule is Cc1oc(C(C)C)cc1C(=O)NC1(C)CCCCC1C(=O)O. The van der Waals surface area contributed by atoms with Crippen LogP contribution in [0.4, 0.5) is 0 Å². The van der Waals surface area contributed by atoms with Crippen LogP contribution < -0.4 is 5.32 Å². The summed E-state index contributed by atoms with van der Waals surface area (Å²) in [7, 11) is 0. The van der Waals surface area contributed by atoms with E-state index >= 15 is 0 Å². The number of hydrogen-bond donors (Lipinski definition) is 2. The zero-order valence-corrected chi connectivity index (χ0v) is 13.7. The Morgan fingerprint density at radius 1 is 1.41 bits per heavy atom. The molecule has 1 aliphatic rings. The molecule has 2 N–H and O–H groups in total. The Hall–Kier alpha value is -1.78. The highest BCUT2D eigenvalue weighted by molar-refractivity contribution is 5.96. The van der Waals surface area contributed by atoms with Crippen LogP contribution in [0.25, 0.3) is 0 Å². The summed E-state index contributed by atoms with van der Waals surface area (Å²) in [6, 6.07) is 1.76. The maximum Gasteiger partial charge on any atom is 0.308 e. The van der Waals surface area contributed by atoms with Gasteiger partial charge >= 0.3 is 5.97 Å². The second kappa shape index (κ2) is 6.15. The molecule has 1 saturated carbocycles. The van der Waals surface area contributed by atoms with E-state index in [1.807, 2.05) is 20.8 Å². The molecule has 1 fully saturated rings. The molecule has 0 saturated heterocycles. The summed E-state index contributed by atoms with van der Waals surface area (Å²) in [5, 5.41) is 12.4. The number of furan rings is 1. The summed E-state index contributed by atoms with van der Waals surface area (Å²) in [5.74, 6) is -0.0731. The van der Waals surface area contributed by atoms with Crippen molar-refractivity contribution in [3.8, 4) is 0 Å². The average molecular weight is 307 g/mol. The van der Waals surface area contributed by atoms with E-state index in [1.54, 1.807) is 13.0 Å². The van der Waals surface area contributed by atoms with E-state index in [0.29, 0.717) is 24.2 Å². The lowest BCUT2D eigenvalue weighted by Crippen LogP contribution is -2.55. The normalized spacial score (nSPS) is 25.2. The Kier molecular flexibility index (Phi) is 4.63. The van der Waals surface area contributed by atoms with Gasteiger partial charge in [0.25, 0.3) is 5.91 Å². The number of amides is 1. The first-order chi connectivity index (χ1) is 10.2. The van der Waals surface area contributed by atoms with Crippen molar-refractivity contribution in [2.24, 2.45) is 5.92 Å². The van der Waals surface area contributed by atoms with Gasteiger partial charge in [0.15, 0.2) is 0 Å². The van der Waals surface area contributed by atoms with Crippen LogP contribution in [0.2, 0.25) is 0 Å². The highest BCUT2D eigenvalue weighted by Crippen LogP contribution is 2.34. The summed E-state index contributed by atoms with van der Waals surface area (Å²) in [4.78, 5) is 24.1. The molecule has 0 aliphatic heterocycles. The number of rotatable bonds is 4. The third-order valence-corrected chi connectivity index (χ3v) is 4.66. The van der Waals surface area contributed by atoms with Gasteiger partial charge in [0, 0.05) is 5.92 Å². The molecule has 0 aromatic carbocycles. The lowest BCUT2D eigenvalue weighted by molar-refractivity contribution is -0.145. The predicted octanol–water partition coefficient (Wildman–Crippen LogP) is 3.47. The number of aliphatic carboxylic acids is 1. The fraction of sp³-hybridized carbons (Fsp3) is 0.647. The molecule has 122 valence electrons. The molecule has 1 aromatic rings. The smallest absolute Gasteiger partial charge is 0.308 e. The highest BCUT2D eigenvalue weighted by Gasteiger charge is 2.42. The number of nitrogens with one attached hydrogen (secondary N) is 1. The Morgan fingerprint density at radius 3 is 2.64 bits per heavy atom. The second-order valence-electron chi connectivity index (χ2n) is 6.78. The van der Waals surface area contributed by atoms with Gasteiger partial charge in [-0.2, -0.15) is 0 Å². The minimum absolute atomic E-state index is 0.206. The molecule has 1 heterocycles. The predicted molar refractivity (Wildman–Crippen MR) is 83.0 cm³/mol. The molecule has 2 unspecified atom stereocenters. The van der Waals surface area contributed by atoms with Crippen molar-refractivity contribution in [2.45, 2.75) is 64.8 Å². The van der Waals surface area contributed by atoms with Gasteiger partial charge < -0.3 is 14.8 Å². The van der Waals surface area contributed by atoms with E-state index < -0.39 is 17.4 Å². The van der Waals surface area contributed by atoms with Crippen molar-refractivity contribution in [1.29, 1.82) is 0 Å². The molecule has 22 heavy (non-hydrogen) atoms. The molecule has 0 bridgehead atoms. The minimum atomic E-state index is -0.839. The van der Waals surface area contributed by atoms with Crippen molar-refractivity contribution < 1.29 is 19.1 Å². The summed E-state index contributed by atoms with van der Waals surface area (Å²) in [5.41, 5.74) is -0.206.